The van der Waals surface area contributed by atoms with Gasteiger partial charge < -0.3 is 19.9 Å². The molecule has 0 aliphatic carbocycles. The number of para-hydroxylation sites is 1. The van der Waals surface area contributed by atoms with E-state index in [1.807, 2.05) is 48.5 Å². The van der Waals surface area contributed by atoms with Gasteiger partial charge in [0.1, 0.15) is 17.6 Å². The summed E-state index contributed by atoms with van der Waals surface area (Å²) in [5.41, 5.74) is 4.43. The minimum absolute atomic E-state index is 0.231. The summed E-state index contributed by atoms with van der Waals surface area (Å²) in [6.07, 6.45) is 0.705. The van der Waals surface area contributed by atoms with E-state index in [1.165, 1.54) is 6.07 Å². The summed E-state index contributed by atoms with van der Waals surface area (Å²) < 4.78 is 20.2. The molecule has 5 rings (SSSR count). The van der Waals surface area contributed by atoms with Crippen molar-refractivity contribution in [1.82, 2.24) is 15.2 Å². The average Bonchev–Trinajstić information content (AvgIpc) is 3.21. The van der Waals surface area contributed by atoms with E-state index in [9.17, 15) is 9.18 Å². The van der Waals surface area contributed by atoms with Gasteiger partial charge in [0.05, 0.1) is 7.11 Å². The second-order valence-corrected chi connectivity index (χ2v) is 7.94. The minimum atomic E-state index is -0.530. The van der Waals surface area contributed by atoms with Crippen molar-refractivity contribution in [3.8, 4) is 5.75 Å². The topological polar surface area (TPSA) is 57.4 Å². The number of rotatable bonds is 4. The maximum atomic E-state index is 14.9. The Kier molecular flexibility index (Phi) is 5.27. The van der Waals surface area contributed by atoms with Crippen molar-refractivity contribution in [2.24, 2.45) is 0 Å². The van der Waals surface area contributed by atoms with Crippen LogP contribution in [0, 0.1) is 5.82 Å². The van der Waals surface area contributed by atoms with Crippen LogP contribution in [0.5, 0.6) is 5.75 Å². The van der Waals surface area contributed by atoms with Gasteiger partial charge in [-0.15, -0.1) is 0 Å². The summed E-state index contributed by atoms with van der Waals surface area (Å²) in [7, 11) is 1.61. The summed E-state index contributed by atoms with van der Waals surface area (Å²) in [4.78, 5) is 18.5. The highest BCUT2D eigenvalue weighted by Gasteiger charge is 2.35. The third-order valence-corrected chi connectivity index (χ3v) is 6.07. The Morgan fingerprint density at radius 3 is 2.78 bits per heavy atom. The largest absolute Gasteiger partial charge is 0.497 e. The molecule has 0 saturated heterocycles. The molecule has 2 heterocycles. The van der Waals surface area contributed by atoms with Gasteiger partial charge in [-0.2, -0.15) is 0 Å². The van der Waals surface area contributed by atoms with Crippen LogP contribution in [0.2, 0.25) is 0 Å². The number of amides is 2. The highest BCUT2D eigenvalue weighted by atomic mass is 19.1. The molecule has 5 nitrogen and oxygen atoms in total. The van der Waals surface area contributed by atoms with Crippen LogP contribution in [0.1, 0.15) is 28.4 Å². The second-order valence-electron chi connectivity index (χ2n) is 7.94. The molecule has 0 radical (unpaired) electrons. The van der Waals surface area contributed by atoms with E-state index in [0.717, 1.165) is 33.5 Å². The Labute approximate surface area is 185 Å². The number of aromatic nitrogens is 1. The number of nitrogens with one attached hydrogen (secondary N) is 2. The molecule has 1 atom stereocenters. The molecule has 0 bridgehead atoms. The zero-order valence-corrected chi connectivity index (χ0v) is 17.8. The van der Waals surface area contributed by atoms with Crippen LogP contribution in [0.25, 0.3) is 10.9 Å². The Hall–Kier alpha value is -3.80. The van der Waals surface area contributed by atoms with Crippen LogP contribution in [-0.4, -0.2) is 29.6 Å². The Bertz CT molecular complexity index is 1280. The summed E-state index contributed by atoms with van der Waals surface area (Å²) in [6.45, 7) is 0.855. The average molecular weight is 429 g/mol. The molecular formula is C26H24FN3O2. The molecule has 32 heavy (non-hydrogen) atoms. The number of hydrogen-bond acceptors (Lipinski definition) is 2. The molecule has 1 aliphatic heterocycles. The smallest absolute Gasteiger partial charge is 0.318 e. The zero-order chi connectivity index (χ0) is 22.1. The van der Waals surface area contributed by atoms with E-state index in [-0.39, 0.29) is 11.8 Å². The number of fused-ring (bicyclic) bond motifs is 3. The van der Waals surface area contributed by atoms with Crippen molar-refractivity contribution in [3.63, 3.8) is 0 Å². The first-order valence-electron chi connectivity index (χ1n) is 10.7. The van der Waals surface area contributed by atoms with Gasteiger partial charge in [-0.3, -0.25) is 0 Å². The van der Waals surface area contributed by atoms with Crippen molar-refractivity contribution in [2.45, 2.75) is 19.0 Å². The van der Waals surface area contributed by atoms with E-state index < -0.39 is 6.04 Å². The van der Waals surface area contributed by atoms with Gasteiger partial charge in [-0.05, 0) is 41.8 Å². The number of carbonyl (C=O) groups is 1. The fraction of sp³-hybridized carbons (Fsp3) is 0.192. The highest BCUT2D eigenvalue weighted by molar-refractivity contribution is 5.86. The second kappa shape index (κ2) is 8.38. The molecule has 1 aliphatic rings. The summed E-state index contributed by atoms with van der Waals surface area (Å²) in [5.74, 6) is 0.413. The predicted octanol–water partition coefficient (Wildman–Crippen LogP) is 5.17. The number of hydrogen-bond donors (Lipinski definition) is 2. The van der Waals surface area contributed by atoms with Crippen LogP contribution < -0.4 is 10.1 Å². The number of halogens is 1. The first-order chi connectivity index (χ1) is 15.7. The molecule has 0 saturated carbocycles. The van der Waals surface area contributed by atoms with Crippen molar-refractivity contribution in [2.75, 3.05) is 13.7 Å². The number of urea groups is 1. The van der Waals surface area contributed by atoms with Gasteiger partial charge in [0.2, 0.25) is 0 Å². The zero-order valence-electron chi connectivity index (χ0n) is 17.8. The van der Waals surface area contributed by atoms with E-state index in [4.69, 9.17) is 4.74 Å². The van der Waals surface area contributed by atoms with Gasteiger partial charge in [0.15, 0.2) is 0 Å². The Morgan fingerprint density at radius 2 is 1.94 bits per heavy atom. The number of nitrogens with zero attached hydrogens (tertiary/aromatic N) is 1. The van der Waals surface area contributed by atoms with Crippen molar-refractivity contribution in [1.29, 1.82) is 0 Å². The number of carbonyl (C=O) groups excluding carboxylic acids is 1. The molecule has 6 heteroatoms. The lowest BCUT2D eigenvalue weighted by molar-refractivity contribution is 0.177. The number of methoxy groups -OCH3 is 1. The van der Waals surface area contributed by atoms with Crippen LogP contribution in [-0.2, 0) is 13.0 Å². The molecule has 2 N–H and O–H groups in total. The van der Waals surface area contributed by atoms with Gasteiger partial charge >= 0.3 is 6.03 Å². The predicted molar refractivity (Wildman–Crippen MR) is 122 cm³/mol. The Balaban J connectivity index is 1.49. The molecule has 0 spiro atoms. The molecule has 3 aromatic carbocycles. The lowest BCUT2D eigenvalue weighted by Crippen LogP contribution is -2.46. The SMILES string of the molecule is COc1cccc(CNC(=O)N2CCc3c([nH]c4ccccc34)[C@@H]2c2ccccc2F)c1. The van der Waals surface area contributed by atoms with Crippen molar-refractivity contribution >= 4 is 16.9 Å². The molecule has 2 amide bonds. The van der Waals surface area contributed by atoms with Crippen LogP contribution in [0.4, 0.5) is 9.18 Å². The first-order valence-corrected chi connectivity index (χ1v) is 10.7. The molecule has 0 fully saturated rings. The summed E-state index contributed by atoms with van der Waals surface area (Å²) in [6, 6.07) is 21.5. The van der Waals surface area contributed by atoms with E-state index >= 15 is 0 Å². The highest BCUT2D eigenvalue weighted by Crippen LogP contribution is 2.39. The van der Waals surface area contributed by atoms with Crippen LogP contribution in [0.15, 0.2) is 72.8 Å². The quantitative estimate of drug-likeness (QED) is 0.470. The number of H-pyrrole nitrogens is 1. The number of aromatic amines is 1. The molecule has 1 aromatic heterocycles. The van der Waals surface area contributed by atoms with Crippen molar-refractivity contribution < 1.29 is 13.9 Å². The number of ether oxygens (including phenoxy) is 1. The summed E-state index contributed by atoms with van der Waals surface area (Å²) >= 11 is 0. The standard InChI is InChI=1S/C26H24FN3O2/c1-32-18-8-6-7-17(15-18)16-28-26(31)30-14-13-20-19-9-3-5-12-23(19)29-24(20)25(30)21-10-2-4-11-22(21)27/h2-12,15,25,29H,13-14,16H2,1H3,(H,28,31)/t25-/m0/s1. The van der Waals surface area contributed by atoms with Crippen LogP contribution in [0.3, 0.4) is 0 Å². The molecule has 4 aromatic rings. The third-order valence-electron chi connectivity index (χ3n) is 6.07. The molecule has 162 valence electrons. The van der Waals surface area contributed by atoms with Gasteiger partial charge in [-0.25, -0.2) is 9.18 Å². The maximum Gasteiger partial charge on any atom is 0.318 e. The number of benzene rings is 3. The fourth-order valence-electron chi connectivity index (χ4n) is 4.54. The fourth-order valence-corrected chi connectivity index (χ4v) is 4.54. The van der Waals surface area contributed by atoms with E-state index in [2.05, 4.69) is 16.4 Å². The summed E-state index contributed by atoms with van der Waals surface area (Å²) in [5, 5.41) is 4.12. The van der Waals surface area contributed by atoms with E-state index in [1.54, 1.807) is 24.1 Å². The lowest BCUT2D eigenvalue weighted by Gasteiger charge is -2.36. The Morgan fingerprint density at radius 1 is 1.12 bits per heavy atom. The minimum Gasteiger partial charge on any atom is -0.497 e. The normalized spacial score (nSPS) is 15.4. The van der Waals surface area contributed by atoms with Crippen LogP contribution >= 0.6 is 0 Å². The van der Waals surface area contributed by atoms with Gasteiger partial charge in [0.25, 0.3) is 0 Å². The maximum absolute atomic E-state index is 14.9. The lowest BCUT2D eigenvalue weighted by atomic mass is 9.92. The molecule has 0 unspecified atom stereocenters. The monoisotopic (exact) mass is 429 g/mol. The van der Waals surface area contributed by atoms with Gasteiger partial charge in [-0.1, -0.05) is 48.5 Å². The van der Waals surface area contributed by atoms with Crippen molar-refractivity contribution in [3.05, 3.63) is 101 Å². The van der Waals surface area contributed by atoms with Gasteiger partial charge in [0, 0.05) is 35.2 Å². The first kappa shape index (κ1) is 20.1. The third kappa shape index (κ3) is 3.58. The van der Waals surface area contributed by atoms with E-state index in [0.29, 0.717) is 25.1 Å². The molecular weight excluding hydrogens is 405 g/mol.